The van der Waals surface area contributed by atoms with E-state index in [2.05, 4.69) is 9.97 Å². The molecular formula is C19H19N3O2. The summed E-state index contributed by atoms with van der Waals surface area (Å²) in [6.07, 6.45) is 1.59. The zero-order valence-electron chi connectivity index (χ0n) is 13.7. The normalized spacial score (nSPS) is 11.0. The summed E-state index contributed by atoms with van der Waals surface area (Å²) < 4.78 is 0. The van der Waals surface area contributed by atoms with E-state index in [1.165, 1.54) is 0 Å². The summed E-state index contributed by atoms with van der Waals surface area (Å²) in [7, 11) is 0. The molecule has 3 aromatic rings. The number of hydrogen-bond acceptors (Lipinski definition) is 3. The first-order valence-corrected chi connectivity index (χ1v) is 7.89. The van der Waals surface area contributed by atoms with Crippen molar-refractivity contribution in [1.82, 2.24) is 14.9 Å². The first-order chi connectivity index (χ1) is 11.6. The minimum atomic E-state index is -0.182. The van der Waals surface area contributed by atoms with Gasteiger partial charge in [0.05, 0.1) is 6.54 Å². The van der Waals surface area contributed by atoms with E-state index in [1.807, 2.05) is 44.2 Å². The van der Waals surface area contributed by atoms with E-state index in [-0.39, 0.29) is 24.1 Å². The lowest BCUT2D eigenvalue weighted by molar-refractivity contribution is 0.0683. The van der Waals surface area contributed by atoms with Gasteiger partial charge in [0, 0.05) is 23.3 Å². The van der Waals surface area contributed by atoms with Crippen LogP contribution in [0.5, 0.6) is 0 Å². The van der Waals surface area contributed by atoms with Gasteiger partial charge in [-0.05, 0) is 43.5 Å². The Labute approximate surface area is 140 Å². The molecule has 2 heterocycles. The fourth-order valence-corrected chi connectivity index (χ4v) is 2.62. The Morgan fingerprint density at radius 1 is 1.17 bits per heavy atom. The number of pyridine rings is 2. The molecule has 0 unspecified atom stereocenters. The number of aromatic nitrogens is 2. The van der Waals surface area contributed by atoms with Crippen molar-refractivity contribution in [2.24, 2.45) is 0 Å². The van der Waals surface area contributed by atoms with Crippen LogP contribution < -0.4 is 5.56 Å². The van der Waals surface area contributed by atoms with Crippen LogP contribution in [0.2, 0.25) is 0 Å². The summed E-state index contributed by atoms with van der Waals surface area (Å²) in [6.45, 7) is 4.10. The van der Waals surface area contributed by atoms with Gasteiger partial charge in [-0.15, -0.1) is 0 Å². The lowest BCUT2D eigenvalue weighted by atomic mass is 10.1. The van der Waals surface area contributed by atoms with E-state index in [0.29, 0.717) is 11.3 Å². The number of rotatable bonds is 4. The van der Waals surface area contributed by atoms with Gasteiger partial charge in [-0.1, -0.05) is 24.3 Å². The third-order valence-electron chi connectivity index (χ3n) is 3.94. The molecule has 1 aromatic carbocycles. The summed E-state index contributed by atoms with van der Waals surface area (Å²) in [5, 5.41) is 0.945. The Hall–Kier alpha value is -2.95. The van der Waals surface area contributed by atoms with Gasteiger partial charge in [-0.2, -0.15) is 0 Å². The fourth-order valence-electron chi connectivity index (χ4n) is 2.62. The van der Waals surface area contributed by atoms with E-state index in [1.54, 1.807) is 29.3 Å². The van der Waals surface area contributed by atoms with Crippen LogP contribution in [0, 0.1) is 0 Å². The number of benzene rings is 1. The molecule has 0 aliphatic rings. The van der Waals surface area contributed by atoms with Crippen LogP contribution in [-0.4, -0.2) is 26.8 Å². The van der Waals surface area contributed by atoms with Crippen molar-refractivity contribution in [2.75, 3.05) is 0 Å². The summed E-state index contributed by atoms with van der Waals surface area (Å²) in [5.41, 5.74) is 1.56. The van der Waals surface area contributed by atoms with Crippen LogP contribution >= 0.6 is 0 Å². The molecule has 0 atom stereocenters. The average Bonchev–Trinajstić information content (AvgIpc) is 2.59. The van der Waals surface area contributed by atoms with Crippen LogP contribution in [0.1, 0.15) is 29.9 Å². The molecule has 0 bridgehead atoms. The van der Waals surface area contributed by atoms with Crippen LogP contribution in [0.4, 0.5) is 0 Å². The number of para-hydroxylation sites is 1. The molecular weight excluding hydrogens is 302 g/mol. The molecule has 0 saturated carbocycles. The predicted molar refractivity (Wildman–Crippen MR) is 93.8 cm³/mol. The number of hydrogen-bond donors (Lipinski definition) is 1. The molecule has 122 valence electrons. The third-order valence-corrected chi connectivity index (χ3v) is 3.94. The molecule has 0 fully saturated rings. The number of carbonyl (C=O) groups excluding carboxylic acids is 1. The second-order valence-corrected chi connectivity index (χ2v) is 5.95. The molecule has 2 aromatic heterocycles. The molecule has 0 aliphatic heterocycles. The number of nitrogens with one attached hydrogen (secondary N) is 1. The topological polar surface area (TPSA) is 66.1 Å². The van der Waals surface area contributed by atoms with Gasteiger partial charge >= 0.3 is 0 Å². The SMILES string of the molecule is CC(C)N(Cc1cc2ccccc2[nH]c1=O)C(=O)c1ccccn1. The Morgan fingerprint density at radius 2 is 1.92 bits per heavy atom. The van der Waals surface area contributed by atoms with Gasteiger partial charge in [-0.3, -0.25) is 14.6 Å². The first kappa shape index (κ1) is 15.9. The van der Waals surface area contributed by atoms with E-state index >= 15 is 0 Å². The lowest BCUT2D eigenvalue weighted by Gasteiger charge is -2.26. The molecule has 24 heavy (non-hydrogen) atoms. The Balaban J connectivity index is 1.96. The maximum atomic E-state index is 12.7. The number of carbonyl (C=O) groups is 1. The summed E-state index contributed by atoms with van der Waals surface area (Å²) >= 11 is 0. The first-order valence-electron chi connectivity index (χ1n) is 7.89. The zero-order valence-corrected chi connectivity index (χ0v) is 13.7. The predicted octanol–water partition coefficient (Wildman–Crippen LogP) is 2.97. The molecule has 0 radical (unpaired) electrons. The molecule has 0 spiro atoms. The zero-order chi connectivity index (χ0) is 17.1. The van der Waals surface area contributed by atoms with Crippen molar-refractivity contribution >= 4 is 16.8 Å². The Morgan fingerprint density at radius 3 is 2.62 bits per heavy atom. The van der Waals surface area contributed by atoms with Crippen LogP contribution in [0.3, 0.4) is 0 Å². The van der Waals surface area contributed by atoms with Crippen molar-refractivity contribution in [3.05, 3.63) is 76.3 Å². The molecule has 1 N–H and O–H groups in total. The highest BCUT2D eigenvalue weighted by molar-refractivity contribution is 5.92. The second-order valence-electron chi connectivity index (χ2n) is 5.95. The molecule has 1 amide bonds. The van der Waals surface area contributed by atoms with Gasteiger partial charge < -0.3 is 9.88 Å². The fraction of sp³-hybridized carbons (Fsp3) is 0.211. The van der Waals surface area contributed by atoms with E-state index in [0.717, 1.165) is 10.9 Å². The van der Waals surface area contributed by atoms with Crippen LogP contribution in [-0.2, 0) is 6.54 Å². The van der Waals surface area contributed by atoms with Gasteiger partial charge in [0.1, 0.15) is 5.69 Å². The molecule has 5 nitrogen and oxygen atoms in total. The van der Waals surface area contributed by atoms with Crippen molar-refractivity contribution in [3.63, 3.8) is 0 Å². The Bertz CT molecular complexity index is 917. The molecule has 0 aliphatic carbocycles. The van der Waals surface area contributed by atoms with Crippen LogP contribution in [0.25, 0.3) is 10.9 Å². The maximum Gasteiger partial charge on any atom is 0.272 e. The van der Waals surface area contributed by atoms with Crippen LogP contribution in [0.15, 0.2) is 59.5 Å². The van der Waals surface area contributed by atoms with Crippen molar-refractivity contribution in [3.8, 4) is 0 Å². The minimum Gasteiger partial charge on any atom is -0.330 e. The highest BCUT2D eigenvalue weighted by atomic mass is 16.2. The summed E-state index contributed by atoms with van der Waals surface area (Å²) in [6, 6.07) is 14.6. The van der Waals surface area contributed by atoms with E-state index in [9.17, 15) is 9.59 Å². The minimum absolute atomic E-state index is 0.0506. The molecule has 3 rings (SSSR count). The van der Waals surface area contributed by atoms with Gasteiger partial charge in [0.25, 0.3) is 11.5 Å². The monoisotopic (exact) mass is 321 g/mol. The molecule has 5 heteroatoms. The highest BCUT2D eigenvalue weighted by Crippen LogP contribution is 2.14. The highest BCUT2D eigenvalue weighted by Gasteiger charge is 2.21. The maximum absolute atomic E-state index is 12.7. The second kappa shape index (κ2) is 6.66. The smallest absolute Gasteiger partial charge is 0.272 e. The third kappa shape index (κ3) is 3.20. The average molecular weight is 321 g/mol. The number of fused-ring (bicyclic) bond motifs is 1. The number of amides is 1. The van der Waals surface area contributed by atoms with E-state index in [4.69, 9.17) is 0 Å². The van der Waals surface area contributed by atoms with Crippen molar-refractivity contribution in [1.29, 1.82) is 0 Å². The number of nitrogens with zero attached hydrogens (tertiary/aromatic N) is 2. The lowest BCUT2D eigenvalue weighted by Crippen LogP contribution is -2.38. The number of aromatic amines is 1. The standard InChI is InChI=1S/C19H19N3O2/c1-13(2)22(19(24)17-9-5-6-10-20-17)12-15-11-14-7-3-4-8-16(14)21-18(15)23/h3-11,13H,12H2,1-2H3,(H,21,23). The van der Waals surface area contributed by atoms with E-state index < -0.39 is 0 Å². The van der Waals surface area contributed by atoms with Gasteiger partial charge in [-0.25, -0.2) is 0 Å². The number of H-pyrrole nitrogens is 1. The van der Waals surface area contributed by atoms with Gasteiger partial charge in [0.15, 0.2) is 0 Å². The van der Waals surface area contributed by atoms with Gasteiger partial charge in [0.2, 0.25) is 0 Å². The summed E-state index contributed by atoms with van der Waals surface area (Å²) in [5.74, 6) is -0.182. The quantitative estimate of drug-likeness (QED) is 0.803. The summed E-state index contributed by atoms with van der Waals surface area (Å²) in [4.78, 5) is 33.7. The van der Waals surface area contributed by atoms with Crippen molar-refractivity contribution in [2.45, 2.75) is 26.4 Å². The Kier molecular flexibility index (Phi) is 4.42. The molecule has 0 saturated heterocycles. The largest absolute Gasteiger partial charge is 0.330 e. The van der Waals surface area contributed by atoms with Crippen molar-refractivity contribution < 1.29 is 4.79 Å².